The molecule has 1 heterocycles. The Kier molecular flexibility index (Phi) is 4.51. The van der Waals surface area contributed by atoms with Crippen molar-refractivity contribution in [2.24, 2.45) is 0 Å². The Morgan fingerprint density at radius 2 is 2.00 bits per heavy atom. The molecular weight excluding hydrogens is 319 g/mol. The van der Waals surface area contributed by atoms with Crippen LogP contribution in [0.5, 0.6) is 0 Å². The predicted octanol–water partition coefficient (Wildman–Crippen LogP) is 4.82. The molecule has 3 nitrogen and oxygen atoms in total. The number of aromatic carboxylic acids is 1. The Hall–Kier alpha value is -2.34. The Labute approximate surface area is 128 Å². The third kappa shape index (κ3) is 2.82. The number of hydrogen-bond donors (Lipinski definition) is 1. The number of nitrogens with zero attached hydrogens (tertiary/aromatic N) is 1. The van der Waals surface area contributed by atoms with Gasteiger partial charge in [0.25, 0.3) is 6.43 Å². The van der Waals surface area contributed by atoms with Gasteiger partial charge in [-0.25, -0.2) is 22.9 Å². The SMILES string of the molecule is C=Cc1ccc(-c2c(C(F)F)ccc(Cl)c2F)nc1C(=O)O. The van der Waals surface area contributed by atoms with Crippen molar-refractivity contribution in [3.05, 3.63) is 58.5 Å². The molecule has 7 heteroatoms. The molecule has 1 aromatic carbocycles. The number of aromatic nitrogens is 1. The topological polar surface area (TPSA) is 50.2 Å². The van der Waals surface area contributed by atoms with E-state index in [9.17, 15) is 18.0 Å². The van der Waals surface area contributed by atoms with Crippen LogP contribution in [-0.4, -0.2) is 16.1 Å². The highest BCUT2D eigenvalue weighted by molar-refractivity contribution is 6.31. The molecule has 2 aromatic rings. The molecular formula is C15H9ClF3NO2. The van der Waals surface area contributed by atoms with Gasteiger partial charge >= 0.3 is 5.97 Å². The highest BCUT2D eigenvalue weighted by atomic mass is 35.5. The fourth-order valence-electron chi connectivity index (χ4n) is 1.95. The van der Waals surface area contributed by atoms with Crippen molar-refractivity contribution in [3.8, 4) is 11.3 Å². The second-order valence-electron chi connectivity index (χ2n) is 4.27. The highest BCUT2D eigenvalue weighted by Crippen LogP contribution is 2.35. The molecule has 0 saturated carbocycles. The van der Waals surface area contributed by atoms with Crippen LogP contribution >= 0.6 is 11.6 Å². The average molecular weight is 328 g/mol. The van der Waals surface area contributed by atoms with E-state index >= 15 is 0 Å². The predicted molar refractivity (Wildman–Crippen MR) is 76.6 cm³/mol. The van der Waals surface area contributed by atoms with E-state index in [4.69, 9.17) is 16.7 Å². The lowest BCUT2D eigenvalue weighted by Gasteiger charge is -2.12. The number of rotatable bonds is 4. The fraction of sp³-hybridized carbons (Fsp3) is 0.0667. The molecule has 2 rings (SSSR count). The van der Waals surface area contributed by atoms with Gasteiger partial charge in [-0.3, -0.25) is 0 Å². The van der Waals surface area contributed by atoms with Crippen molar-refractivity contribution >= 4 is 23.6 Å². The van der Waals surface area contributed by atoms with Crippen LogP contribution in [0, 0.1) is 5.82 Å². The largest absolute Gasteiger partial charge is 0.476 e. The number of carboxylic acid groups (broad SMARTS) is 1. The fourth-order valence-corrected chi connectivity index (χ4v) is 2.11. The van der Waals surface area contributed by atoms with Crippen LogP contribution in [0.3, 0.4) is 0 Å². The van der Waals surface area contributed by atoms with Crippen LogP contribution in [-0.2, 0) is 0 Å². The molecule has 0 aliphatic heterocycles. The van der Waals surface area contributed by atoms with Crippen molar-refractivity contribution < 1.29 is 23.1 Å². The van der Waals surface area contributed by atoms with Crippen LogP contribution in [0.15, 0.2) is 30.8 Å². The summed E-state index contributed by atoms with van der Waals surface area (Å²) >= 11 is 5.62. The van der Waals surface area contributed by atoms with E-state index in [-0.39, 0.29) is 16.3 Å². The number of pyridine rings is 1. The molecule has 0 radical (unpaired) electrons. The summed E-state index contributed by atoms with van der Waals surface area (Å²) in [4.78, 5) is 14.9. The van der Waals surface area contributed by atoms with Crippen molar-refractivity contribution in [2.45, 2.75) is 6.43 Å². The first-order valence-electron chi connectivity index (χ1n) is 6.00. The summed E-state index contributed by atoms with van der Waals surface area (Å²) in [6.45, 7) is 3.44. The number of carbonyl (C=O) groups is 1. The third-order valence-corrected chi connectivity index (χ3v) is 3.26. The Morgan fingerprint density at radius 1 is 1.32 bits per heavy atom. The van der Waals surface area contributed by atoms with Gasteiger partial charge in [0.15, 0.2) is 11.5 Å². The summed E-state index contributed by atoms with van der Waals surface area (Å²) < 4.78 is 40.3. The van der Waals surface area contributed by atoms with Crippen LogP contribution < -0.4 is 0 Å². The maximum Gasteiger partial charge on any atom is 0.355 e. The zero-order valence-electron chi connectivity index (χ0n) is 11.0. The lowest BCUT2D eigenvalue weighted by atomic mass is 10.0. The van der Waals surface area contributed by atoms with Crippen molar-refractivity contribution in [2.75, 3.05) is 0 Å². The monoisotopic (exact) mass is 327 g/mol. The normalized spacial score (nSPS) is 10.8. The maximum atomic E-state index is 14.2. The summed E-state index contributed by atoms with van der Waals surface area (Å²) in [5, 5.41) is 8.74. The van der Waals surface area contributed by atoms with Crippen LogP contribution in [0.25, 0.3) is 17.3 Å². The molecule has 0 unspecified atom stereocenters. The minimum Gasteiger partial charge on any atom is -0.476 e. The number of alkyl halides is 2. The van der Waals surface area contributed by atoms with Gasteiger partial charge in [0.05, 0.1) is 10.7 Å². The summed E-state index contributed by atoms with van der Waals surface area (Å²) in [6, 6.07) is 4.55. The Morgan fingerprint density at radius 3 is 2.55 bits per heavy atom. The van der Waals surface area contributed by atoms with Gasteiger partial charge < -0.3 is 5.11 Å². The number of hydrogen-bond acceptors (Lipinski definition) is 2. The lowest BCUT2D eigenvalue weighted by molar-refractivity contribution is 0.0690. The standard InChI is InChI=1S/C15H9ClF3NO2/c1-2-7-3-6-10(20-13(7)15(21)22)11-8(14(18)19)4-5-9(16)12(11)17/h2-6,14H,1H2,(H,21,22). The van der Waals surface area contributed by atoms with E-state index in [1.165, 1.54) is 18.2 Å². The Bertz CT molecular complexity index is 763. The lowest BCUT2D eigenvalue weighted by Crippen LogP contribution is -2.06. The minimum atomic E-state index is -2.96. The summed E-state index contributed by atoms with van der Waals surface area (Å²) in [5.41, 5.74) is -1.58. The summed E-state index contributed by atoms with van der Waals surface area (Å²) in [7, 11) is 0. The van der Waals surface area contributed by atoms with Crippen molar-refractivity contribution in [1.29, 1.82) is 0 Å². The van der Waals surface area contributed by atoms with Crippen LogP contribution in [0.4, 0.5) is 13.2 Å². The quantitative estimate of drug-likeness (QED) is 0.875. The molecule has 0 saturated heterocycles. The van der Waals surface area contributed by atoms with Gasteiger partial charge in [-0.2, -0.15) is 0 Å². The molecule has 0 atom stereocenters. The second-order valence-corrected chi connectivity index (χ2v) is 4.68. The maximum absolute atomic E-state index is 14.2. The minimum absolute atomic E-state index is 0.192. The van der Waals surface area contributed by atoms with E-state index in [2.05, 4.69) is 11.6 Å². The molecule has 0 spiro atoms. The van der Waals surface area contributed by atoms with Gasteiger partial charge in [0.2, 0.25) is 0 Å². The van der Waals surface area contributed by atoms with Crippen molar-refractivity contribution in [3.63, 3.8) is 0 Å². The summed E-state index contributed by atoms with van der Waals surface area (Å²) in [6.07, 6.45) is -1.71. The number of benzene rings is 1. The Balaban J connectivity index is 2.76. The van der Waals surface area contributed by atoms with E-state index in [0.717, 1.165) is 12.1 Å². The molecule has 0 fully saturated rings. The van der Waals surface area contributed by atoms with Gasteiger partial charge in [0, 0.05) is 16.7 Å². The molecule has 1 N–H and O–H groups in total. The highest BCUT2D eigenvalue weighted by Gasteiger charge is 2.22. The first-order chi connectivity index (χ1) is 10.4. The second kappa shape index (κ2) is 6.19. The molecule has 0 aliphatic carbocycles. The van der Waals surface area contributed by atoms with E-state index in [1.54, 1.807) is 0 Å². The van der Waals surface area contributed by atoms with Gasteiger partial charge in [0.1, 0.15) is 0 Å². The van der Waals surface area contributed by atoms with Crippen LogP contribution in [0.2, 0.25) is 5.02 Å². The smallest absolute Gasteiger partial charge is 0.355 e. The summed E-state index contributed by atoms with van der Waals surface area (Å²) in [5.74, 6) is -2.45. The molecule has 0 bridgehead atoms. The van der Waals surface area contributed by atoms with Gasteiger partial charge in [-0.1, -0.05) is 36.4 Å². The van der Waals surface area contributed by atoms with E-state index in [0.29, 0.717) is 0 Å². The average Bonchev–Trinajstić information content (AvgIpc) is 2.48. The van der Waals surface area contributed by atoms with Gasteiger partial charge in [-0.05, 0) is 12.1 Å². The zero-order chi connectivity index (χ0) is 16.4. The molecule has 114 valence electrons. The third-order valence-electron chi connectivity index (χ3n) is 2.97. The zero-order valence-corrected chi connectivity index (χ0v) is 11.7. The first-order valence-corrected chi connectivity index (χ1v) is 6.37. The van der Waals surface area contributed by atoms with E-state index < -0.39 is 35.0 Å². The van der Waals surface area contributed by atoms with Gasteiger partial charge in [-0.15, -0.1) is 0 Å². The van der Waals surface area contributed by atoms with E-state index in [1.807, 2.05) is 0 Å². The molecule has 0 aliphatic rings. The first kappa shape index (κ1) is 16.0. The number of halogens is 4. The van der Waals surface area contributed by atoms with Crippen LogP contribution in [0.1, 0.15) is 28.0 Å². The van der Waals surface area contributed by atoms with Crippen molar-refractivity contribution in [1.82, 2.24) is 4.98 Å². The molecule has 1 aromatic heterocycles. The molecule has 0 amide bonds. The number of carboxylic acids is 1. The molecule has 22 heavy (non-hydrogen) atoms.